The van der Waals surface area contributed by atoms with Gasteiger partial charge in [-0.15, -0.1) is 5.92 Å². The van der Waals surface area contributed by atoms with E-state index in [1.54, 1.807) is 19.4 Å². The van der Waals surface area contributed by atoms with Gasteiger partial charge in [0.25, 0.3) is 0 Å². The van der Waals surface area contributed by atoms with E-state index in [4.69, 9.17) is 0 Å². The lowest BCUT2D eigenvalue weighted by Gasteiger charge is -2.44. The molecule has 3 rings (SSSR count). The lowest BCUT2D eigenvalue weighted by atomic mass is 9.61. The summed E-state index contributed by atoms with van der Waals surface area (Å²) in [7, 11) is 0. The summed E-state index contributed by atoms with van der Waals surface area (Å²) in [5.41, 5.74) is 2.18. The lowest BCUT2D eigenvalue weighted by Crippen LogP contribution is -2.36. The minimum atomic E-state index is -0.906. The zero-order valence-electron chi connectivity index (χ0n) is 18.7. The predicted molar refractivity (Wildman–Crippen MR) is 118 cm³/mol. The van der Waals surface area contributed by atoms with Crippen molar-refractivity contribution < 1.29 is 15.3 Å². The number of hydrogen-bond donors (Lipinski definition) is 3. The van der Waals surface area contributed by atoms with Crippen LogP contribution >= 0.6 is 0 Å². The Labute approximate surface area is 177 Å². The highest BCUT2D eigenvalue weighted by molar-refractivity contribution is 5.26. The Morgan fingerprint density at radius 1 is 1.17 bits per heavy atom. The first kappa shape index (κ1) is 22.6. The molecule has 0 heterocycles. The van der Waals surface area contributed by atoms with Gasteiger partial charge in [0.2, 0.25) is 0 Å². The molecule has 3 fully saturated rings. The third-order valence-corrected chi connectivity index (χ3v) is 7.62. The van der Waals surface area contributed by atoms with Crippen molar-refractivity contribution in [3.8, 4) is 11.8 Å². The summed E-state index contributed by atoms with van der Waals surface area (Å²) in [5, 5.41) is 29.7. The molecule has 3 aliphatic rings. The monoisotopic (exact) mass is 400 g/mol. The molecule has 0 aliphatic heterocycles. The van der Waals surface area contributed by atoms with Gasteiger partial charge in [-0.1, -0.05) is 43.1 Å². The topological polar surface area (TPSA) is 60.7 Å². The van der Waals surface area contributed by atoms with Gasteiger partial charge in [0, 0.05) is 6.42 Å². The summed E-state index contributed by atoms with van der Waals surface area (Å²) in [6, 6.07) is 0. The summed E-state index contributed by atoms with van der Waals surface area (Å²) in [5.74, 6) is 8.07. The van der Waals surface area contributed by atoms with Crippen LogP contribution in [0.4, 0.5) is 0 Å². The highest BCUT2D eigenvalue weighted by atomic mass is 16.3. The van der Waals surface area contributed by atoms with Crippen molar-refractivity contribution >= 4 is 0 Å². The molecular formula is C26H40O3. The highest BCUT2D eigenvalue weighted by Gasteiger charge is 2.50. The minimum Gasteiger partial charge on any atom is -0.393 e. The molecule has 3 N–H and O–H groups in total. The predicted octanol–water partition coefficient (Wildman–Crippen LogP) is 4.76. The van der Waals surface area contributed by atoms with Gasteiger partial charge in [-0.2, -0.15) is 0 Å². The van der Waals surface area contributed by atoms with Crippen molar-refractivity contribution in [1.29, 1.82) is 0 Å². The molecule has 0 aromatic heterocycles. The van der Waals surface area contributed by atoms with E-state index in [1.165, 1.54) is 37.7 Å². The Morgan fingerprint density at radius 3 is 2.52 bits per heavy atom. The van der Waals surface area contributed by atoms with Crippen molar-refractivity contribution in [2.45, 2.75) is 103 Å². The van der Waals surface area contributed by atoms with Gasteiger partial charge in [0.05, 0.1) is 12.2 Å². The van der Waals surface area contributed by atoms with E-state index in [0.29, 0.717) is 42.4 Å². The average Bonchev–Trinajstić information content (AvgIpc) is 2.95. The van der Waals surface area contributed by atoms with E-state index in [2.05, 4.69) is 37.8 Å². The molecule has 0 spiro atoms. The summed E-state index contributed by atoms with van der Waals surface area (Å²) in [4.78, 5) is 0. The normalized spacial score (nSPS) is 39.1. The molecule has 3 saturated carbocycles. The molecule has 3 heteroatoms. The molecule has 0 saturated heterocycles. The smallest absolute Gasteiger partial charge is 0.119 e. The van der Waals surface area contributed by atoms with Crippen molar-refractivity contribution in [3.05, 3.63) is 23.3 Å². The van der Waals surface area contributed by atoms with Gasteiger partial charge >= 0.3 is 0 Å². The molecular weight excluding hydrogens is 360 g/mol. The van der Waals surface area contributed by atoms with E-state index in [-0.39, 0.29) is 0 Å². The molecule has 6 atom stereocenters. The standard InChI is InChI=1S/C26H40O3/c1-18(7-5-13-25(2,3)29)23-11-12-24-20(8-6-14-26(23,24)4)10-9-19-15-21(27)17-22(28)16-19/h9-10,18,21-24,27-29H,6-8,11-12,14-17H2,1-4H3/b19-9?,20-10-/t18-,21-,22+,23-,24-,26-/m1/s1. The van der Waals surface area contributed by atoms with Crippen LogP contribution in [-0.2, 0) is 0 Å². The molecule has 162 valence electrons. The van der Waals surface area contributed by atoms with Gasteiger partial charge in [0.1, 0.15) is 5.60 Å². The van der Waals surface area contributed by atoms with Crippen molar-refractivity contribution in [3.63, 3.8) is 0 Å². The van der Waals surface area contributed by atoms with E-state index in [9.17, 15) is 15.3 Å². The van der Waals surface area contributed by atoms with Crippen LogP contribution in [0.25, 0.3) is 0 Å². The lowest BCUT2D eigenvalue weighted by molar-refractivity contribution is 0.0609. The Balaban J connectivity index is 1.71. The van der Waals surface area contributed by atoms with E-state index >= 15 is 0 Å². The number of aliphatic hydroxyl groups excluding tert-OH is 2. The molecule has 0 aromatic rings. The van der Waals surface area contributed by atoms with Gasteiger partial charge in [-0.3, -0.25) is 0 Å². The fraction of sp³-hybridized carbons (Fsp3) is 0.769. The number of aliphatic hydroxyl groups is 3. The number of rotatable bonds is 3. The number of fused-ring (bicyclic) bond motifs is 1. The minimum absolute atomic E-state index is 0.337. The van der Waals surface area contributed by atoms with Crippen molar-refractivity contribution in [2.24, 2.45) is 23.2 Å². The number of allylic oxidation sites excluding steroid dienone is 3. The summed E-state index contributed by atoms with van der Waals surface area (Å²) < 4.78 is 0. The molecule has 0 aromatic carbocycles. The first-order valence-corrected chi connectivity index (χ1v) is 11.6. The Kier molecular flexibility index (Phi) is 6.99. The van der Waals surface area contributed by atoms with Crippen LogP contribution in [0.5, 0.6) is 0 Å². The second-order valence-electron chi connectivity index (χ2n) is 10.7. The zero-order valence-corrected chi connectivity index (χ0v) is 18.7. The zero-order chi connectivity index (χ0) is 21.2. The molecule has 0 unspecified atom stereocenters. The SMILES string of the molecule is C[C@H](CC#CC(C)(C)O)[C@H]1CC[C@@H]2/C(=C\C=C3C[C@@H](O)C[C@@H](O)C3)CCC[C@@]21C. The van der Waals surface area contributed by atoms with Gasteiger partial charge in [0.15, 0.2) is 0 Å². The molecule has 0 bridgehead atoms. The van der Waals surface area contributed by atoms with Gasteiger partial charge < -0.3 is 15.3 Å². The van der Waals surface area contributed by atoms with Crippen LogP contribution in [0.3, 0.4) is 0 Å². The van der Waals surface area contributed by atoms with Crippen LogP contribution in [0.2, 0.25) is 0 Å². The number of hydrogen-bond acceptors (Lipinski definition) is 3. The first-order chi connectivity index (χ1) is 13.6. The molecule has 29 heavy (non-hydrogen) atoms. The Hall–Kier alpha value is -1.08. The van der Waals surface area contributed by atoms with E-state index in [0.717, 1.165) is 6.42 Å². The second-order valence-corrected chi connectivity index (χ2v) is 10.7. The Bertz CT molecular complexity index is 690. The molecule has 3 aliphatic carbocycles. The Morgan fingerprint density at radius 2 is 1.86 bits per heavy atom. The largest absolute Gasteiger partial charge is 0.393 e. The third kappa shape index (κ3) is 5.54. The quantitative estimate of drug-likeness (QED) is 0.599. The van der Waals surface area contributed by atoms with Gasteiger partial charge in [-0.05, 0) is 88.4 Å². The van der Waals surface area contributed by atoms with Crippen LogP contribution in [0.15, 0.2) is 23.3 Å². The van der Waals surface area contributed by atoms with E-state index in [1.807, 2.05) is 0 Å². The van der Waals surface area contributed by atoms with Crippen LogP contribution in [0.1, 0.15) is 85.5 Å². The summed E-state index contributed by atoms with van der Waals surface area (Å²) in [6.45, 7) is 8.31. The fourth-order valence-electron chi connectivity index (χ4n) is 6.32. The summed E-state index contributed by atoms with van der Waals surface area (Å²) >= 11 is 0. The maximum atomic E-state index is 9.95. The van der Waals surface area contributed by atoms with Crippen molar-refractivity contribution in [2.75, 3.05) is 0 Å². The first-order valence-electron chi connectivity index (χ1n) is 11.6. The third-order valence-electron chi connectivity index (χ3n) is 7.62. The molecule has 3 nitrogen and oxygen atoms in total. The molecule has 0 radical (unpaired) electrons. The van der Waals surface area contributed by atoms with Crippen LogP contribution in [0, 0.1) is 35.0 Å². The fourth-order valence-corrected chi connectivity index (χ4v) is 6.32. The van der Waals surface area contributed by atoms with Gasteiger partial charge in [-0.25, -0.2) is 0 Å². The van der Waals surface area contributed by atoms with Crippen LogP contribution < -0.4 is 0 Å². The average molecular weight is 401 g/mol. The van der Waals surface area contributed by atoms with Crippen LogP contribution in [-0.4, -0.2) is 33.1 Å². The van der Waals surface area contributed by atoms with Crippen molar-refractivity contribution in [1.82, 2.24) is 0 Å². The van der Waals surface area contributed by atoms with E-state index < -0.39 is 17.8 Å². The maximum absolute atomic E-state index is 9.95. The maximum Gasteiger partial charge on any atom is 0.119 e. The summed E-state index contributed by atoms with van der Waals surface area (Å²) in [6.07, 6.45) is 12.7. The second kappa shape index (κ2) is 8.96. The highest BCUT2D eigenvalue weighted by Crippen LogP contribution is 2.59. The molecule has 0 amide bonds.